The highest BCUT2D eigenvalue weighted by atomic mass is 35.5. The summed E-state index contributed by atoms with van der Waals surface area (Å²) in [5.41, 5.74) is 0. The van der Waals surface area contributed by atoms with E-state index in [0.29, 0.717) is 5.92 Å². The van der Waals surface area contributed by atoms with Crippen molar-refractivity contribution in [1.29, 1.82) is 0 Å². The van der Waals surface area contributed by atoms with Crippen LogP contribution in [-0.2, 0) is 0 Å². The predicted octanol–water partition coefficient (Wildman–Crippen LogP) is 4.00. The van der Waals surface area contributed by atoms with Crippen LogP contribution in [0.25, 0.3) is 0 Å². The number of hydrogen-bond donors (Lipinski definition) is 0. The molecule has 0 aliphatic carbocycles. The molecule has 0 rings (SSSR count). The first-order valence-electron chi connectivity index (χ1n) is 4.49. The molecule has 1 heteroatoms. The van der Waals surface area contributed by atoms with Gasteiger partial charge in [0.25, 0.3) is 0 Å². The fourth-order valence-electron chi connectivity index (χ4n) is 1.03. The Labute approximate surface area is 75.6 Å². The molecule has 0 bridgehead atoms. The molecule has 0 spiro atoms. The molecule has 0 aromatic carbocycles. The number of hydrogen-bond acceptors (Lipinski definition) is 0. The molecule has 0 saturated heterocycles. The smallest absolute Gasteiger partial charge is 0.0223 e. The summed E-state index contributed by atoms with van der Waals surface area (Å²) in [4.78, 5) is 0. The van der Waals surface area contributed by atoms with Crippen molar-refractivity contribution in [3.05, 3.63) is 12.7 Å². The number of alkyl halides is 1. The van der Waals surface area contributed by atoms with Crippen LogP contribution in [0.4, 0.5) is 0 Å². The van der Waals surface area contributed by atoms with Crippen molar-refractivity contribution in [2.45, 2.75) is 39.0 Å². The van der Waals surface area contributed by atoms with Crippen LogP contribution >= 0.6 is 11.6 Å². The monoisotopic (exact) mass is 174 g/mol. The lowest BCUT2D eigenvalue weighted by molar-refractivity contribution is 0.562. The van der Waals surface area contributed by atoms with Crippen LogP contribution in [0.1, 0.15) is 39.0 Å². The maximum Gasteiger partial charge on any atom is 0.0223 e. The summed E-state index contributed by atoms with van der Waals surface area (Å²) in [6, 6.07) is 0. The first kappa shape index (κ1) is 11.0. The molecule has 11 heavy (non-hydrogen) atoms. The molecule has 1 atom stereocenters. The number of halogens is 1. The van der Waals surface area contributed by atoms with E-state index >= 15 is 0 Å². The van der Waals surface area contributed by atoms with Crippen LogP contribution in [0.5, 0.6) is 0 Å². The minimum atomic E-state index is 0.686. The van der Waals surface area contributed by atoms with E-state index in [-0.39, 0.29) is 0 Å². The van der Waals surface area contributed by atoms with Crippen molar-refractivity contribution in [2.24, 2.45) is 5.92 Å². The summed E-state index contributed by atoms with van der Waals surface area (Å²) in [5, 5.41) is 0. The van der Waals surface area contributed by atoms with Gasteiger partial charge in [-0.3, -0.25) is 0 Å². The Hall–Kier alpha value is 0.0300. The first-order valence-corrected chi connectivity index (χ1v) is 5.03. The normalized spacial score (nSPS) is 12.9. The fourth-order valence-corrected chi connectivity index (χ4v) is 1.22. The third kappa shape index (κ3) is 7.93. The molecule has 0 nitrogen and oxygen atoms in total. The van der Waals surface area contributed by atoms with E-state index in [9.17, 15) is 0 Å². The minimum absolute atomic E-state index is 0.686. The van der Waals surface area contributed by atoms with Crippen molar-refractivity contribution in [1.82, 2.24) is 0 Å². The standard InChI is InChI=1S/C10H19Cl/c1-3-10(2)8-6-4-5-7-9-11/h3,10H,1,4-9H2,2H3. The molecule has 0 aliphatic rings. The van der Waals surface area contributed by atoms with Crippen molar-refractivity contribution in [3.8, 4) is 0 Å². The van der Waals surface area contributed by atoms with Crippen LogP contribution in [0.15, 0.2) is 12.7 Å². The van der Waals surface area contributed by atoms with Gasteiger partial charge in [-0.1, -0.05) is 32.3 Å². The molecule has 0 amide bonds. The van der Waals surface area contributed by atoms with Gasteiger partial charge in [0.15, 0.2) is 0 Å². The van der Waals surface area contributed by atoms with E-state index in [4.69, 9.17) is 11.6 Å². The molecule has 1 unspecified atom stereocenters. The number of allylic oxidation sites excluding steroid dienone is 1. The summed E-state index contributed by atoms with van der Waals surface area (Å²) >= 11 is 5.55. The third-order valence-electron chi connectivity index (χ3n) is 1.95. The van der Waals surface area contributed by atoms with Crippen LogP contribution < -0.4 is 0 Å². The van der Waals surface area contributed by atoms with E-state index in [1.54, 1.807) is 0 Å². The lowest BCUT2D eigenvalue weighted by atomic mass is 10.0. The maximum atomic E-state index is 5.55. The second-order valence-corrected chi connectivity index (χ2v) is 3.48. The Kier molecular flexibility index (Phi) is 8.15. The molecule has 0 radical (unpaired) electrons. The van der Waals surface area contributed by atoms with Crippen LogP contribution in [0, 0.1) is 5.92 Å². The average Bonchev–Trinajstić information content (AvgIpc) is 2.04. The zero-order chi connectivity index (χ0) is 8.53. The molecule has 0 aromatic heterocycles. The quantitative estimate of drug-likeness (QED) is 0.311. The van der Waals surface area contributed by atoms with Crippen molar-refractivity contribution in [3.63, 3.8) is 0 Å². The second kappa shape index (κ2) is 8.13. The van der Waals surface area contributed by atoms with E-state index < -0.39 is 0 Å². The van der Waals surface area contributed by atoms with Gasteiger partial charge in [-0.2, -0.15) is 0 Å². The fraction of sp³-hybridized carbons (Fsp3) is 0.800. The first-order chi connectivity index (χ1) is 5.31. The molecular formula is C10H19Cl. The van der Waals surface area contributed by atoms with Crippen LogP contribution in [0.2, 0.25) is 0 Å². The average molecular weight is 175 g/mol. The summed E-state index contributed by atoms with van der Waals surface area (Å²) in [5.74, 6) is 1.50. The lowest BCUT2D eigenvalue weighted by Gasteiger charge is -2.03. The minimum Gasteiger partial charge on any atom is -0.127 e. The molecular weight excluding hydrogens is 156 g/mol. The third-order valence-corrected chi connectivity index (χ3v) is 2.21. The Bertz CT molecular complexity index is 88.9. The SMILES string of the molecule is C=CC(C)CCCCCCCl. The Morgan fingerprint density at radius 3 is 2.45 bits per heavy atom. The van der Waals surface area contributed by atoms with Gasteiger partial charge in [-0.05, 0) is 18.8 Å². The zero-order valence-electron chi connectivity index (χ0n) is 7.48. The molecule has 0 N–H and O–H groups in total. The summed E-state index contributed by atoms with van der Waals surface area (Å²) in [6.45, 7) is 5.97. The second-order valence-electron chi connectivity index (χ2n) is 3.10. The van der Waals surface area contributed by atoms with Crippen molar-refractivity contribution in [2.75, 3.05) is 5.88 Å². The highest BCUT2D eigenvalue weighted by molar-refractivity contribution is 6.17. The molecule has 0 aliphatic heterocycles. The van der Waals surface area contributed by atoms with E-state index in [2.05, 4.69) is 13.5 Å². The molecule has 0 saturated carbocycles. The van der Waals surface area contributed by atoms with Gasteiger partial charge in [0.2, 0.25) is 0 Å². The Morgan fingerprint density at radius 2 is 1.91 bits per heavy atom. The molecule has 66 valence electrons. The highest BCUT2D eigenvalue weighted by Gasteiger charge is 1.95. The Balaban J connectivity index is 2.95. The number of unbranched alkanes of at least 4 members (excludes halogenated alkanes) is 3. The largest absolute Gasteiger partial charge is 0.127 e. The Morgan fingerprint density at radius 1 is 1.27 bits per heavy atom. The van der Waals surface area contributed by atoms with E-state index in [1.165, 1.54) is 32.1 Å². The summed E-state index contributed by atoms with van der Waals surface area (Å²) in [7, 11) is 0. The topological polar surface area (TPSA) is 0 Å². The molecule has 0 fully saturated rings. The maximum absolute atomic E-state index is 5.55. The van der Waals surface area contributed by atoms with Gasteiger partial charge in [0, 0.05) is 5.88 Å². The van der Waals surface area contributed by atoms with Gasteiger partial charge in [0.05, 0.1) is 0 Å². The van der Waals surface area contributed by atoms with Crippen LogP contribution in [-0.4, -0.2) is 5.88 Å². The lowest BCUT2D eigenvalue weighted by Crippen LogP contribution is -1.88. The van der Waals surface area contributed by atoms with Crippen molar-refractivity contribution >= 4 is 11.6 Å². The highest BCUT2D eigenvalue weighted by Crippen LogP contribution is 2.10. The van der Waals surface area contributed by atoms with Gasteiger partial charge in [-0.25, -0.2) is 0 Å². The predicted molar refractivity (Wildman–Crippen MR) is 53.2 cm³/mol. The van der Waals surface area contributed by atoms with Gasteiger partial charge in [0.1, 0.15) is 0 Å². The van der Waals surface area contributed by atoms with Crippen molar-refractivity contribution < 1.29 is 0 Å². The molecule has 0 heterocycles. The van der Waals surface area contributed by atoms with Crippen LogP contribution in [0.3, 0.4) is 0 Å². The van der Waals surface area contributed by atoms with E-state index in [0.717, 1.165) is 5.88 Å². The van der Waals surface area contributed by atoms with E-state index in [1.807, 2.05) is 6.08 Å². The zero-order valence-corrected chi connectivity index (χ0v) is 8.24. The summed E-state index contributed by atoms with van der Waals surface area (Å²) < 4.78 is 0. The van der Waals surface area contributed by atoms with Gasteiger partial charge < -0.3 is 0 Å². The summed E-state index contributed by atoms with van der Waals surface area (Å²) in [6.07, 6.45) is 8.42. The van der Waals surface area contributed by atoms with Gasteiger partial charge in [-0.15, -0.1) is 18.2 Å². The molecule has 0 aromatic rings. The number of rotatable bonds is 7. The van der Waals surface area contributed by atoms with Gasteiger partial charge >= 0.3 is 0 Å².